The topological polar surface area (TPSA) is 38.2 Å². The van der Waals surface area contributed by atoms with E-state index in [1.165, 1.54) is 0 Å². The van der Waals surface area contributed by atoms with Crippen LogP contribution in [0.5, 0.6) is 5.88 Å². The largest absolute Gasteiger partial charge is 0.475 e. The molecule has 2 atom stereocenters. The minimum atomic E-state index is 0.125. The molecule has 2 unspecified atom stereocenters. The van der Waals surface area contributed by atoms with E-state index in [1.54, 1.807) is 12.3 Å². The summed E-state index contributed by atoms with van der Waals surface area (Å²) < 4.78 is 5.59. The van der Waals surface area contributed by atoms with E-state index in [-0.39, 0.29) is 11.5 Å². The van der Waals surface area contributed by atoms with Gasteiger partial charge >= 0.3 is 0 Å². The molecule has 1 fully saturated rings. The summed E-state index contributed by atoms with van der Waals surface area (Å²) in [5.74, 6) is 1.83. The molecular formula is C13H20ClN3O. The predicted octanol–water partition coefficient (Wildman–Crippen LogP) is 2.72. The van der Waals surface area contributed by atoms with Crippen molar-refractivity contribution < 1.29 is 4.74 Å². The number of rotatable bonds is 3. The number of aromatic nitrogens is 2. The van der Waals surface area contributed by atoms with E-state index < -0.39 is 0 Å². The number of piperidine rings is 1. The van der Waals surface area contributed by atoms with Crippen LogP contribution >= 0.6 is 11.6 Å². The average Bonchev–Trinajstić information content (AvgIpc) is 2.32. The van der Waals surface area contributed by atoms with Gasteiger partial charge in [0.15, 0.2) is 0 Å². The van der Waals surface area contributed by atoms with Crippen LogP contribution in [-0.4, -0.2) is 34.5 Å². The molecule has 0 aromatic carbocycles. The van der Waals surface area contributed by atoms with Crippen LogP contribution in [0.1, 0.15) is 27.2 Å². The molecule has 1 saturated heterocycles. The maximum atomic E-state index is 6.23. The highest BCUT2D eigenvalue weighted by Crippen LogP contribution is 2.25. The van der Waals surface area contributed by atoms with Crippen LogP contribution in [0.3, 0.4) is 0 Å². The smallest absolute Gasteiger partial charge is 0.228 e. The van der Waals surface area contributed by atoms with Gasteiger partial charge in [0.05, 0.1) is 6.10 Å². The highest BCUT2D eigenvalue weighted by Gasteiger charge is 2.25. The molecule has 2 heterocycles. The Bertz CT molecular complexity index is 400. The first-order valence-electron chi connectivity index (χ1n) is 6.45. The van der Waals surface area contributed by atoms with Crippen LogP contribution in [0.4, 0.5) is 5.95 Å². The van der Waals surface area contributed by atoms with Gasteiger partial charge in [0, 0.05) is 30.7 Å². The van der Waals surface area contributed by atoms with Crippen LogP contribution in [0.25, 0.3) is 0 Å². The molecular weight excluding hydrogens is 250 g/mol. The Balaban J connectivity index is 2.08. The summed E-state index contributed by atoms with van der Waals surface area (Å²) in [6, 6.07) is 1.79. The summed E-state index contributed by atoms with van der Waals surface area (Å²) in [5, 5.41) is 0.261. The molecule has 5 heteroatoms. The number of ether oxygens (including phenoxy) is 1. The summed E-state index contributed by atoms with van der Waals surface area (Å²) in [4.78, 5) is 10.9. The molecule has 1 aliphatic heterocycles. The summed E-state index contributed by atoms with van der Waals surface area (Å²) in [5.41, 5.74) is 0. The van der Waals surface area contributed by atoms with E-state index in [9.17, 15) is 0 Å². The Morgan fingerprint density at radius 2 is 2.28 bits per heavy atom. The average molecular weight is 270 g/mol. The molecule has 1 aromatic heterocycles. The number of hydrogen-bond acceptors (Lipinski definition) is 4. The first kappa shape index (κ1) is 13.4. The van der Waals surface area contributed by atoms with E-state index in [0.29, 0.717) is 11.8 Å². The van der Waals surface area contributed by atoms with E-state index in [1.807, 2.05) is 13.8 Å². The third-order valence-corrected chi connectivity index (χ3v) is 3.71. The molecule has 0 N–H and O–H groups in total. The lowest BCUT2D eigenvalue weighted by Crippen LogP contribution is -2.40. The first-order valence-corrected chi connectivity index (χ1v) is 6.88. The van der Waals surface area contributed by atoms with Gasteiger partial charge in [-0.2, -0.15) is 4.98 Å². The molecule has 0 spiro atoms. The second-order valence-electron chi connectivity index (χ2n) is 5.09. The fourth-order valence-electron chi connectivity index (χ4n) is 2.09. The first-order chi connectivity index (χ1) is 8.56. The van der Waals surface area contributed by atoms with Gasteiger partial charge in [-0.3, -0.25) is 0 Å². The summed E-state index contributed by atoms with van der Waals surface area (Å²) in [6.07, 6.45) is 2.85. The van der Waals surface area contributed by atoms with Crippen molar-refractivity contribution in [2.75, 3.05) is 18.0 Å². The fraction of sp³-hybridized carbons (Fsp3) is 0.692. The second kappa shape index (κ2) is 5.74. The van der Waals surface area contributed by atoms with Crippen molar-refractivity contribution in [3.8, 4) is 5.88 Å². The fourth-order valence-corrected chi connectivity index (χ4v) is 2.27. The quantitative estimate of drug-likeness (QED) is 0.791. The van der Waals surface area contributed by atoms with Gasteiger partial charge in [0.2, 0.25) is 11.8 Å². The molecule has 0 radical (unpaired) electrons. The second-order valence-corrected chi connectivity index (χ2v) is 5.65. The van der Waals surface area contributed by atoms with Gasteiger partial charge < -0.3 is 9.64 Å². The zero-order valence-corrected chi connectivity index (χ0v) is 11.9. The van der Waals surface area contributed by atoms with E-state index >= 15 is 0 Å². The van der Waals surface area contributed by atoms with E-state index in [2.05, 4.69) is 21.8 Å². The normalized spacial score (nSPS) is 24.4. The van der Waals surface area contributed by atoms with Gasteiger partial charge in [0.1, 0.15) is 0 Å². The van der Waals surface area contributed by atoms with Crippen molar-refractivity contribution in [1.29, 1.82) is 0 Å². The van der Waals surface area contributed by atoms with Gasteiger partial charge in [-0.1, -0.05) is 6.92 Å². The van der Waals surface area contributed by atoms with Crippen LogP contribution < -0.4 is 9.64 Å². The van der Waals surface area contributed by atoms with Crippen molar-refractivity contribution in [2.45, 2.75) is 38.7 Å². The maximum Gasteiger partial charge on any atom is 0.228 e. The Morgan fingerprint density at radius 1 is 1.50 bits per heavy atom. The number of anilines is 1. The lowest BCUT2D eigenvalue weighted by Gasteiger charge is -2.34. The maximum absolute atomic E-state index is 6.23. The third-order valence-electron chi connectivity index (χ3n) is 3.06. The molecule has 100 valence electrons. The molecule has 4 nitrogen and oxygen atoms in total. The van der Waals surface area contributed by atoms with Crippen molar-refractivity contribution in [2.24, 2.45) is 5.92 Å². The van der Waals surface area contributed by atoms with Gasteiger partial charge in [-0.05, 0) is 26.2 Å². The van der Waals surface area contributed by atoms with Crippen molar-refractivity contribution in [1.82, 2.24) is 9.97 Å². The van der Waals surface area contributed by atoms with E-state index in [4.69, 9.17) is 16.3 Å². The lowest BCUT2D eigenvalue weighted by molar-refractivity contribution is 0.232. The standard InChI is InChI=1S/C13H20ClN3O/c1-9(2)18-12-4-6-15-13(16-12)17-7-5-11(14)10(3)8-17/h4,6,9-11H,5,7-8H2,1-3H3. The monoisotopic (exact) mass is 269 g/mol. The minimum Gasteiger partial charge on any atom is -0.475 e. The van der Waals surface area contributed by atoms with Crippen molar-refractivity contribution in [3.63, 3.8) is 0 Å². The molecule has 0 bridgehead atoms. The Hall–Kier alpha value is -1.03. The van der Waals surface area contributed by atoms with Crippen molar-refractivity contribution in [3.05, 3.63) is 12.3 Å². The molecule has 0 amide bonds. The summed E-state index contributed by atoms with van der Waals surface area (Å²) >= 11 is 6.23. The zero-order chi connectivity index (χ0) is 13.1. The molecule has 0 saturated carbocycles. The number of hydrogen-bond donors (Lipinski definition) is 0. The Morgan fingerprint density at radius 3 is 2.94 bits per heavy atom. The molecule has 2 rings (SSSR count). The zero-order valence-electron chi connectivity index (χ0n) is 11.1. The van der Waals surface area contributed by atoms with Gasteiger partial charge in [0.25, 0.3) is 0 Å². The van der Waals surface area contributed by atoms with Crippen molar-refractivity contribution >= 4 is 17.5 Å². The Labute approximate surface area is 113 Å². The number of alkyl halides is 1. The number of halogens is 1. The highest BCUT2D eigenvalue weighted by molar-refractivity contribution is 6.20. The van der Waals surface area contributed by atoms with Crippen LogP contribution in [0.15, 0.2) is 12.3 Å². The predicted molar refractivity (Wildman–Crippen MR) is 73.4 cm³/mol. The Kier molecular flexibility index (Phi) is 4.27. The minimum absolute atomic E-state index is 0.125. The molecule has 0 aliphatic carbocycles. The van der Waals surface area contributed by atoms with Gasteiger partial charge in [-0.15, -0.1) is 11.6 Å². The van der Waals surface area contributed by atoms with Crippen LogP contribution in [0, 0.1) is 5.92 Å². The van der Waals surface area contributed by atoms with Crippen LogP contribution in [-0.2, 0) is 0 Å². The lowest BCUT2D eigenvalue weighted by atomic mass is 10.00. The summed E-state index contributed by atoms with van der Waals surface area (Å²) in [7, 11) is 0. The SMILES string of the molecule is CC(C)Oc1ccnc(N2CCC(Cl)C(C)C2)n1. The number of nitrogens with zero attached hydrogens (tertiary/aromatic N) is 3. The van der Waals surface area contributed by atoms with Gasteiger partial charge in [-0.25, -0.2) is 4.98 Å². The molecule has 1 aromatic rings. The highest BCUT2D eigenvalue weighted by atomic mass is 35.5. The van der Waals surface area contributed by atoms with Crippen LogP contribution in [0.2, 0.25) is 0 Å². The molecule has 1 aliphatic rings. The summed E-state index contributed by atoms with van der Waals surface area (Å²) in [6.45, 7) is 7.95. The molecule has 18 heavy (non-hydrogen) atoms. The third kappa shape index (κ3) is 3.25. The van der Waals surface area contributed by atoms with E-state index in [0.717, 1.165) is 25.5 Å².